The Kier molecular flexibility index (Phi) is 2.04. The van der Waals surface area contributed by atoms with Crippen LogP contribution in [0.1, 0.15) is 5.69 Å². The molecule has 0 spiro atoms. The molecule has 2 aromatic rings. The number of anilines is 1. The van der Waals surface area contributed by atoms with Crippen molar-refractivity contribution in [1.82, 2.24) is 4.98 Å². The second kappa shape index (κ2) is 3.10. The quantitative estimate of drug-likeness (QED) is 0.726. The number of nitrogen functional groups attached to an aromatic ring is 1. The molecule has 2 rings (SSSR count). The summed E-state index contributed by atoms with van der Waals surface area (Å²) >= 11 is 5.89. The molecule has 0 aliphatic carbocycles. The largest absolute Gasteiger partial charge is 0.398 e. The Balaban J connectivity index is 3.00. The van der Waals surface area contributed by atoms with Gasteiger partial charge in [-0.25, -0.2) is 4.39 Å². The van der Waals surface area contributed by atoms with Gasteiger partial charge in [0.2, 0.25) is 0 Å². The number of fused-ring (bicyclic) bond motifs is 1. The van der Waals surface area contributed by atoms with E-state index in [0.29, 0.717) is 21.6 Å². The summed E-state index contributed by atoms with van der Waals surface area (Å²) in [4.78, 5) is 4.14. The van der Waals surface area contributed by atoms with Crippen LogP contribution < -0.4 is 5.73 Å². The smallest absolute Gasteiger partial charge is 0.134 e. The zero-order valence-electron chi connectivity index (χ0n) is 7.51. The maximum absolute atomic E-state index is 13.4. The van der Waals surface area contributed by atoms with Crippen molar-refractivity contribution in [3.8, 4) is 0 Å². The van der Waals surface area contributed by atoms with E-state index in [0.717, 1.165) is 5.69 Å². The van der Waals surface area contributed by atoms with Crippen LogP contribution in [0, 0.1) is 12.7 Å². The molecule has 0 fully saturated rings. The molecule has 1 heterocycles. The van der Waals surface area contributed by atoms with E-state index in [1.165, 1.54) is 12.1 Å². The summed E-state index contributed by atoms with van der Waals surface area (Å²) in [7, 11) is 0. The third kappa shape index (κ3) is 1.30. The molecule has 4 heteroatoms. The number of hydrogen-bond donors (Lipinski definition) is 1. The monoisotopic (exact) mass is 210 g/mol. The Hall–Kier alpha value is -1.35. The Morgan fingerprint density at radius 1 is 1.43 bits per heavy atom. The van der Waals surface area contributed by atoms with E-state index >= 15 is 0 Å². The van der Waals surface area contributed by atoms with E-state index in [1.807, 2.05) is 0 Å². The lowest BCUT2D eigenvalue weighted by Gasteiger charge is -2.05. The van der Waals surface area contributed by atoms with Gasteiger partial charge < -0.3 is 5.73 Å². The van der Waals surface area contributed by atoms with Gasteiger partial charge >= 0.3 is 0 Å². The Morgan fingerprint density at radius 2 is 2.14 bits per heavy atom. The lowest BCUT2D eigenvalue weighted by molar-refractivity contribution is 0.640. The summed E-state index contributed by atoms with van der Waals surface area (Å²) in [5.41, 5.74) is 7.20. The molecule has 0 aliphatic heterocycles. The van der Waals surface area contributed by atoms with E-state index in [1.54, 1.807) is 13.0 Å². The number of rotatable bonds is 0. The molecule has 0 saturated heterocycles. The second-order valence-electron chi connectivity index (χ2n) is 3.11. The van der Waals surface area contributed by atoms with Crippen molar-refractivity contribution in [1.29, 1.82) is 0 Å². The number of aryl methyl sites for hydroxylation is 1. The molecule has 0 aliphatic rings. The summed E-state index contributed by atoms with van der Waals surface area (Å²) in [6.45, 7) is 1.79. The average molecular weight is 211 g/mol. The van der Waals surface area contributed by atoms with Gasteiger partial charge in [-0.3, -0.25) is 4.98 Å². The number of nitrogens with zero attached hydrogens (tertiary/aromatic N) is 1. The van der Waals surface area contributed by atoms with Gasteiger partial charge in [-0.2, -0.15) is 0 Å². The standard InChI is InChI=1S/C10H8ClFN2/c1-5-4-8(13)9-7(12)3-2-6(11)10(9)14-5/h2-4H,1H3,(H2,13,14). The van der Waals surface area contributed by atoms with Gasteiger partial charge in [-0.05, 0) is 25.1 Å². The zero-order valence-corrected chi connectivity index (χ0v) is 8.27. The Morgan fingerprint density at radius 3 is 2.86 bits per heavy atom. The molecule has 1 aromatic heterocycles. The SMILES string of the molecule is Cc1cc(N)c2c(F)ccc(Cl)c2n1. The third-order valence-electron chi connectivity index (χ3n) is 2.02. The predicted octanol–water partition coefficient (Wildman–Crippen LogP) is 2.92. The first-order chi connectivity index (χ1) is 6.59. The van der Waals surface area contributed by atoms with Crippen molar-refractivity contribution in [2.75, 3.05) is 5.73 Å². The van der Waals surface area contributed by atoms with Crippen LogP contribution in [0.15, 0.2) is 18.2 Å². The minimum absolute atomic E-state index is 0.295. The first-order valence-electron chi connectivity index (χ1n) is 4.10. The van der Waals surface area contributed by atoms with Crippen LogP contribution in [-0.4, -0.2) is 4.98 Å². The molecule has 0 radical (unpaired) electrons. The number of pyridine rings is 1. The Labute approximate surface area is 85.5 Å². The van der Waals surface area contributed by atoms with Gasteiger partial charge in [0.25, 0.3) is 0 Å². The first-order valence-corrected chi connectivity index (χ1v) is 4.48. The lowest BCUT2D eigenvalue weighted by Crippen LogP contribution is -1.94. The molecule has 2 nitrogen and oxygen atoms in total. The normalized spacial score (nSPS) is 10.8. The minimum Gasteiger partial charge on any atom is -0.398 e. The second-order valence-corrected chi connectivity index (χ2v) is 3.51. The molecule has 14 heavy (non-hydrogen) atoms. The van der Waals surface area contributed by atoms with Crippen LogP contribution in [0.4, 0.5) is 10.1 Å². The number of halogens is 2. The van der Waals surface area contributed by atoms with Crippen molar-refractivity contribution in [3.63, 3.8) is 0 Å². The minimum atomic E-state index is -0.394. The molecule has 72 valence electrons. The molecular weight excluding hydrogens is 203 g/mol. The highest BCUT2D eigenvalue weighted by Gasteiger charge is 2.09. The summed E-state index contributed by atoms with van der Waals surface area (Å²) in [5, 5.41) is 0.708. The van der Waals surface area contributed by atoms with Crippen molar-refractivity contribution in [3.05, 3.63) is 34.7 Å². The molecule has 1 aromatic carbocycles. The summed E-state index contributed by atoms with van der Waals surface area (Å²) < 4.78 is 13.4. The average Bonchev–Trinajstić information content (AvgIpc) is 2.10. The summed E-state index contributed by atoms with van der Waals surface area (Å²) in [6.07, 6.45) is 0. The van der Waals surface area contributed by atoms with Crippen LogP contribution in [0.2, 0.25) is 5.02 Å². The van der Waals surface area contributed by atoms with Gasteiger partial charge in [0.1, 0.15) is 5.82 Å². The molecule has 0 unspecified atom stereocenters. The highest BCUT2D eigenvalue weighted by Crippen LogP contribution is 2.28. The van der Waals surface area contributed by atoms with Crippen molar-refractivity contribution < 1.29 is 4.39 Å². The van der Waals surface area contributed by atoms with E-state index in [2.05, 4.69) is 4.98 Å². The van der Waals surface area contributed by atoms with E-state index in [9.17, 15) is 4.39 Å². The molecular formula is C10H8ClFN2. The van der Waals surface area contributed by atoms with Crippen molar-refractivity contribution in [2.24, 2.45) is 0 Å². The molecule has 0 saturated carbocycles. The highest BCUT2D eigenvalue weighted by atomic mass is 35.5. The number of hydrogen-bond acceptors (Lipinski definition) is 2. The number of nitrogens with two attached hydrogens (primary N) is 1. The lowest BCUT2D eigenvalue weighted by atomic mass is 10.1. The van der Waals surface area contributed by atoms with Crippen molar-refractivity contribution >= 4 is 28.2 Å². The fourth-order valence-electron chi connectivity index (χ4n) is 1.43. The number of benzene rings is 1. The van der Waals surface area contributed by atoms with Gasteiger partial charge in [-0.15, -0.1) is 0 Å². The predicted molar refractivity (Wildman–Crippen MR) is 55.9 cm³/mol. The van der Waals surface area contributed by atoms with Crippen LogP contribution in [0.25, 0.3) is 10.9 Å². The van der Waals surface area contributed by atoms with Crippen LogP contribution >= 0.6 is 11.6 Å². The summed E-state index contributed by atoms with van der Waals surface area (Å²) in [5.74, 6) is -0.394. The third-order valence-corrected chi connectivity index (χ3v) is 2.32. The van der Waals surface area contributed by atoms with Crippen molar-refractivity contribution in [2.45, 2.75) is 6.92 Å². The topological polar surface area (TPSA) is 38.9 Å². The fraction of sp³-hybridized carbons (Fsp3) is 0.100. The van der Waals surface area contributed by atoms with Gasteiger partial charge in [0.15, 0.2) is 0 Å². The maximum Gasteiger partial charge on any atom is 0.134 e. The zero-order chi connectivity index (χ0) is 10.3. The van der Waals surface area contributed by atoms with Gasteiger partial charge in [0.05, 0.1) is 15.9 Å². The van der Waals surface area contributed by atoms with Crippen LogP contribution in [0.5, 0.6) is 0 Å². The van der Waals surface area contributed by atoms with Gasteiger partial charge in [-0.1, -0.05) is 11.6 Å². The van der Waals surface area contributed by atoms with Gasteiger partial charge in [0, 0.05) is 11.4 Å². The molecule has 0 bridgehead atoms. The van der Waals surface area contributed by atoms with Crippen LogP contribution in [0.3, 0.4) is 0 Å². The number of aromatic nitrogens is 1. The Bertz CT molecular complexity index is 511. The molecule has 2 N–H and O–H groups in total. The van der Waals surface area contributed by atoms with E-state index < -0.39 is 5.82 Å². The summed E-state index contributed by atoms with van der Waals surface area (Å²) in [6, 6.07) is 4.39. The van der Waals surface area contributed by atoms with E-state index in [-0.39, 0.29) is 0 Å². The first kappa shape index (κ1) is 9.21. The van der Waals surface area contributed by atoms with E-state index in [4.69, 9.17) is 17.3 Å². The fourth-order valence-corrected chi connectivity index (χ4v) is 1.63. The maximum atomic E-state index is 13.4. The molecule has 0 amide bonds. The highest BCUT2D eigenvalue weighted by molar-refractivity contribution is 6.35. The van der Waals surface area contributed by atoms with Crippen LogP contribution in [-0.2, 0) is 0 Å². The molecule has 0 atom stereocenters.